The van der Waals surface area contributed by atoms with E-state index in [2.05, 4.69) is 0 Å². The zero-order valence-corrected chi connectivity index (χ0v) is 11.8. The Bertz CT molecular complexity index is 481. The minimum absolute atomic E-state index is 0.156. The fraction of sp³-hybridized carbons (Fsp3) is 0.500. The van der Waals surface area contributed by atoms with E-state index in [1.807, 2.05) is 36.1 Å². The van der Waals surface area contributed by atoms with Crippen LogP contribution < -0.4 is 0 Å². The molecule has 0 aliphatic carbocycles. The number of nitrogens with zero attached hydrogens (tertiary/aromatic N) is 1. The summed E-state index contributed by atoms with van der Waals surface area (Å²) in [4.78, 5) is 24.4. The Balaban J connectivity index is 2.05. The number of carbonyl (C=O) groups excluding carboxylic acids is 1. The number of carboxylic acid groups (broad SMARTS) is 1. The van der Waals surface area contributed by atoms with Crippen molar-refractivity contribution >= 4 is 11.9 Å². The summed E-state index contributed by atoms with van der Waals surface area (Å²) in [6.45, 7) is 2.74. The number of likely N-dealkylation sites (tertiary alicyclic amines) is 1. The van der Waals surface area contributed by atoms with Crippen LogP contribution in [0.25, 0.3) is 0 Å². The standard InChI is InChI=1S/C16H21NO3/c1-2-15(18)17-11-3-4-14(17)13-8-5-12(6-9-13)7-10-16(19)20/h5-6,8-9,14H,2-4,7,10-11H2,1H3,(H,19,20). The Morgan fingerprint density at radius 1 is 1.30 bits per heavy atom. The van der Waals surface area contributed by atoms with E-state index in [1.165, 1.54) is 0 Å². The Morgan fingerprint density at radius 3 is 2.60 bits per heavy atom. The van der Waals surface area contributed by atoms with Crippen molar-refractivity contribution in [2.75, 3.05) is 6.54 Å². The summed E-state index contributed by atoms with van der Waals surface area (Å²) in [5.41, 5.74) is 2.19. The SMILES string of the molecule is CCC(=O)N1CCCC1c1ccc(CCC(=O)O)cc1. The van der Waals surface area contributed by atoms with Gasteiger partial charge in [0.25, 0.3) is 0 Å². The molecule has 1 aromatic carbocycles. The molecule has 1 atom stereocenters. The summed E-state index contributed by atoms with van der Waals surface area (Å²) in [6.07, 6.45) is 3.33. The predicted octanol–water partition coefficient (Wildman–Crippen LogP) is 2.78. The predicted molar refractivity (Wildman–Crippen MR) is 76.4 cm³/mol. The van der Waals surface area contributed by atoms with Gasteiger partial charge in [0.05, 0.1) is 6.04 Å². The van der Waals surface area contributed by atoms with E-state index in [4.69, 9.17) is 5.11 Å². The molecule has 1 aliphatic rings. The largest absolute Gasteiger partial charge is 0.481 e. The molecular formula is C16H21NO3. The second kappa shape index (κ2) is 6.55. The summed E-state index contributed by atoms with van der Waals surface area (Å²) >= 11 is 0. The van der Waals surface area contributed by atoms with Gasteiger partial charge in [-0.1, -0.05) is 31.2 Å². The zero-order chi connectivity index (χ0) is 14.5. The second-order valence-electron chi connectivity index (χ2n) is 5.23. The van der Waals surface area contributed by atoms with Crippen LogP contribution in [0.4, 0.5) is 0 Å². The van der Waals surface area contributed by atoms with Gasteiger partial charge in [-0.3, -0.25) is 9.59 Å². The fourth-order valence-corrected chi connectivity index (χ4v) is 2.77. The molecule has 0 bridgehead atoms. The number of carboxylic acids is 1. The normalized spacial score (nSPS) is 18.2. The van der Waals surface area contributed by atoms with E-state index < -0.39 is 5.97 Å². The summed E-state index contributed by atoms with van der Waals surface area (Å²) in [5.74, 6) is -0.563. The first kappa shape index (κ1) is 14.6. The molecular weight excluding hydrogens is 254 g/mol. The quantitative estimate of drug-likeness (QED) is 0.899. The van der Waals surface area contributed by atoms with Crippen LogP contribution in [0, 0.1) is 0 Å². The van der Waals surface area contributed by atoms with Gasteiger partial charge in [-0.05, 0) is 30.4 Å². The van der Waals surface area contributed by atoms with Crippen molar-refractivity contribution in [2.45, 2.75) is 45.1 Å². The molecule has 1 N–H and O–H groups in total. The van der Waals surface area contributed by atoms with Crippen molar-refractivity contribution in [1.29, 1.82) is 0 Å². The first-order valence-corrected chi connectivity index (χ1v) is 7.22. The van der Waals surface area contributed by atoms with Crippen LogP contribution in [-0.4, -0.2) is 28.4 Å². The zero-order valence-electron chi connectivity index (χ0n) is 11.8. The highest BCUT2D eigenvalue weighted by Gasteiger charge is 2.28. The Labute approximate surface area is 119 Å². The lowest BCUT2D eigenvalue weighted by atomic mass is 10.0. The second-order valence-corrected chi connectivity index (χ2v) is 5.23. The lowest BCUT2D eigenvalue weighted by Gasteiger charge is -2.24. The van der Waals surface area contributed by atoms with Crippen molar-refractivity contribution in [3.05, 3.63) is 35.4 Å². The monoisotopic (exact) mass is 275 g/mol. The molecule has 1 aromatic rings. The number of hydrogen-bond donors (Lipinski definition) is 1. The van der Waals surface area contributed by atoms with E-state index in [0.717, 1.165) is 30.5 Å². The van der Waals surface area contributed by atoms with Crippen LogP contribution in [0.3, 0.4) is 0 Å². The number of benzene rings is 1. The van der Waals surface area contributed by atoms with E-state index in [-0.39, 0.29) is 18.4 Å². The first-order valence-electron chi connectivity index (χ1n) is 7.22. The van der Waals surface area contributed by atoms with Crippen LogP contribution in [0.2, 0.25) is 0 Å². The van der Waals surface area contributed by atoms with Crippen molar-refractivity contribution in [3.63, 3.8) is 0 Å². The van der Waals surface area contributed by atoms with Crippen molar-refractivity contribution < 1.29 is 14.7 Å². The minimum atomic E-state index is -0.774. The van der Waals surface area contributed by atoms with Gasteiger partial charge in [-0.15, -0.1) is 0 Å². The molecule has 1 heterocycles. The molecule has 1 amide bonds. The average molecular weight is 275 g/mol. The number of rotatable bonds is 5. The molecule has 0 saturated carbocycles. The van der Waals surface area contributed by atoms with E-state index in [9.17, 15) is 9.59 Å². The average Bonchev–Trinajstić information content (AvgIpc) is 2.94. The molecule has 1 fully saturated rings. The third kappa shape index (κ3) is 3.38. The molecule has 0 aromatic heterocycles. The smallest absolute Gasteiger partial charge is 0.303 e. The third-order valence-corrected chi connectivity index (χ3v) is 3.87. The van der Waals surface area contributed by atoms with Gasteiger partial charge in [-0.25, -0.2) is 0 Å². The third-order valence-electron chi connectivity index (χ3n) is 3.87. The fourth-order valence-electron chi connectivity index (χ4n) is 2.77. The Morgan fingerprint density at radius 2 is 2.00 bits per heavy atom. The van der Waals surface area contributed by atoms with E-state index in [0.29, 0.717) is 12.8 Å². The summed E-state index contributed by atoms with van der Waals surface area (Å²) < 4.78 is 0. The van der Waals surface area contributed by atoms with Gasteiger partial charge in [-0.2, -0.15) is 0 Å². The molecule has 1 aliphatic heterocycles. The van der Waals surface area contributed by atoms with E-state index in [1.54, 1.807) is 0 Å². The number of aryl methyl sites for hydroxylation is 1. The molecule has 0 spiro atoms. The summed E-state index contributed by atoms with van der Waals surface area (Å²) in [7, 11) is 0. The topological polar surface area (TPSA) is 57.6 Å². The number of amides is 1. The molecule has 20 heavy (non-hydrogen) atoms. The molecule has 1 saturated heterocycles. The molecule has 108 valence electrons. The lowest BCUT2D eigenvalue weighted by Crippen LogP contribution is -2.29. The van der Waals surface area contributed by atoms with Crippen LogP contribution in [-0.2, 0) is 16.0 Å². The highest BCUT2D eigenvalue weighted by atomic mass is 16.4. The Hall–Kier alpha value is -1.84. The minimum Gasteiger partial charge on any atom is -0.481 e. The van der Waals surface area contributed by atoms with Gasteiger partial charge >= 0.3 is 5.97 Å². The van der Waals surface area contributed by atoms with Gasteiger partial charge in [0.1, 0.15) is 0 Å². The summed E-state index contributed by atoms with van der Waals surface area (Å²) in [6, 6.07) is 8.21. The van der Waals surface area contributed by atoms with Crippen LogP contribution in [0.5, 0.6) is 0 Å². The van der Waals surface area contributed by atoms with E-state index >= 15 is 0 Å². The van der Waals surface area contributed by atoms with Crippen molar-refractivity contribution in [2.24, 2.45) is 0 Å². The van der Waals surface area contributed by atoms with Crippen LogP contribution in [0.1, 0.15) is 49.8 Å². The first-order chi connectivity index (χ1) is 9.61. The van der Waals surface area contributed by atoms with Gasteiger partial charge < -0.3 is 10.0 Å². The van der Waals surface area contributed by atoms with Gasteiger partial charge in [0.2, 0.25) is 5.91 Å². The molecule has 4 heteroatoms. The molecule has 2 rings (SSSR count). The Kier molecular flexibility index (Phi) is 4.77. The molecule has 1 unspecified atom stereocenters. The number of aliphatic carboxylic acids is 1. The molecule has 4 nitrogen and oxygen atoms in total. The maximum Gasteiger partial charge on any atom is 0.303 e. The van der Waals surface area contributed by atoms with Crippen molar-refractivity contribution in [3.8, 4) is 0 Å². The number of carbonyl (C=O) groups is 2. The number of hydrogen-bond acceptors (Lipinski definition) is 2. The van der Waals surface area contributed by atoms with Crippen LogP contribution in [0.15, 0.2) is 24.3 Å². The van der Waals surface area contributed by atoms with Gasteiger partial charge in [0, 0.05) is 19.4 Å². The highest BCUT2D eigenvalue weighted by Crippen LogP contribution is 2.32. The highest BCUT2D eigenvalue weighted by molar-refractivity contribution is 5.76. The maximum absolute atomic E-state index is 11.9. The van der Waals surface area contributed by atoms with Gasteiger partial charge in [0.15, 0.2) is 0 Å². The summed E-state index contributed by atoms with van der Waals surface area (Å²) in [5, 5.41) is 8.68. The van der Waals surface area contributed by atoms with Crippen molar-refractivity contribution in [1.82, 2.24) is 4.90 Å². The van der Waals surface area contributed by atoms with Crippen LogP contribution >= 0.6 is 0 Å². The maximum atomic E-state index is 11.9. The molecule has 0 radical (unpaired) electrons. The lowest BCUT2D eigenvalue weighted by molar-refractivity contribution is -0.137.